The lowest BCUT2D eigenvalue weighted by Gasteiger charge is -2.02. The van der Waals surface area contributed by atoms with E-state index in [9.17, 15) is 4.79 Å². The van der Waals surface area contributed by atoms with E-state index in [1.807, 2.05) is 30.3 Å². The number of amides is 1. The van der Waals surface area contributed by atoms with E-state index in [4.69, 9.17) is 5.73 Å². The van der Waals surface area contributed by atoms with Crippen LogP contribution >= 0.6 is 0 Å². The lowest BCUT2D eigenvalue weighted by molar-refractivity contribution is -0.117. The van der Waals surface area contributed by atoms with E-state index >= 15 is 0 Å². The molecule has 1 aromatic heterocycles. The van der Waals surface area contributed by atoms with Crippen molar-refractivity contribution in [3.8, 4) is 11.1 Å². The molecule has 0 atom stereocenters. The van der Waals surface area contributed by atoms with Gasteiger partial charge in [-0.1, -0.05) is 24.3 Å². The quantitative estimate of drug-likeness (QED) is 0.832. The van der Waals surface area contributed by atoms with Gasteiger partial charge in [0.1, 0.15) is 0 Å². The first-order valence-electron chi connectivity index (χ1n) is 4.90. The van der Waals surface area contributed by atoms with E-state index in [2.05, 4.69) is 10.2 Å². The Morgan fingerprint density at radius 3 is 2.38 bits per heavy atom. The molecule has 0 aliphatic heterocycles. The molecule has 2 rings (SSSR count). The number of primary amides is 1. The van der Waals surface area contributed by atoms with Gasteiger partial charge in [-0.25, -0.2) is 0 Å². The molecule has 1 amide bonds. The Balaban J connectivity index is 2.23. The van der Waals surface area contributed by atoms with Crippen LogP contribution in [0.3, 0.4) is 0 Å². The predicted molar refractivity (Wildman–Crippen MR) is 60.4 cm³/mol. The first-order chi connectivity index (χ1) is 7.75. The van der Waals surface area contributed by atoms with Crippen LogP contribution in [0.15, 0.2) is 42.7 Å². The third-order valence-corrected chi connectivity index (χ3v) is 2.25. The number of benzene rings is 1. The molecule has 2 aromatic rings. The molecule has 16 heavy (non-hydrogen) atoms. The molecule has 0 unspecified atom stereocenters. The summed E-state index contributed by atoms with van der Waals surface area (Å²) < 4.78 is 0. The number of carbonyl (C=O) groups is 1. The molecule has 2 N–H and O–H groups in total. The SMILES string of the molecule is NC(=O)Cc1ccc(-c2ccnnc2)cc1. The molecule has 0 spiro atoms. The molecular weight excluding hydrogens is 202 g/mol. The topological polar surface area (TPSA) is 68.9 Å². The number of hydrogen-bond acceptors (Lipinski definition) is 3. The standard InChI is InChI=1S/C12H11N3O/c13-12(16)7-9-1-3-10(4-2-9)11-5-6-14-15-8-11/h1-6,8H,7H2,(H2,13,16). The number of nitrogens with zero attached hydrogens (tertiary/aromatic N) is 2. The second kappa shape index (κ2) is 4.53. The second-order valence-corrected chi connectivity index (χ2v) is 3.47. The highest BCUT2D eigenvalue weighted by molar-refractivity contribution is 5.76. The number of nitrogens with two attached hydrogens (primary N) is 1. The fraction of sp³-hybridized carbons (Fsp3) is 0.0833. The number of carbonyl (C=O) groups excluding carboxylic acids is 1. The third kappa shape index (κ3) is 2.42. The molecule has 0 radical (unpaired) electrons. The van der Waals surface area contributed by atoms with Gasteiger partial charge in [-0.2, -0.15) is 10.2 Å². The molecule has 0 aliphatic rings. The van der Waals surface area contributed by atoms with Crippen molar-refractivity contribution in [1.82, 2.24) is 10.2 Å². The zero-order valence-corrected chi connectivity index (χ0v) is 8.63. The smallest absolute Gasteiger partial charge is 0.221 e. The highest BCUT2D eigenvalue weighted by Gasteiger charge is 2.00. The van der Waals surface area contributed by atoms with E-state index < -0.39 is 0 Å². The zero-order valence-electron chi connectivity index (χ0n) is 8.63. The van der Waals surface area contributed by atoms with Crippen molar-refractivity contribution >= 4 is 5.91 Å². The minimum absolute atomic E-state index is 0.273. The maximum absolute atomic E-state index is 10.7. The summed E-state index contributed by atoms with van der Waals surface area (Å²) in [6.07, 6.45) is 3.62. The summed E-state index contributed by atoms with van der Waals surface area (Å²) >= 11 is 0. The van der Waals surface area contributed by atoms with Gasteiger partial charge in [0.15, 0.2) is 0 Å². The lowest BCUT2D eigenvalue weighted by Crippen LogP contribution is -2.13. The Bertz CT molecular complexity index is 479. The largest absolute Gasteiger partial charge is 0.369 e. The van der Waals surface area contributed by atoms with Crippen molar-refractivity contribution in [2.24, 2.45) is 5.73 Å². The highest BCUT2D eigenvalue weighted by atomic mass is 16.1. The van der Waals surface area contributed by atoms with Crippen LogP contribution in [0.1, 0.15) is 5.56 Å². The average Bonchev–Trinajstić information content (AvgIpc) is 2.30. The summed E-state index contributed by atoms with van der Waals surface area (Å²) in [6.45, 7) is 0. The monoisotopic (exact) mass is 213 g/mol. The molecular formula is C12H11N3O. The average molecular weight is 213 g/mol. The fourth-order valence-corrected chi connectivity index (χ4v) is 1.48. The van der Waals surface area contributed by atoms with Gasteiger partial charge >= 0.3 is 0 Å². The molecule has 0 fully saturated rings. The van der Waals surface area contributed by atoms with Crippen molar-refractivity contribution in [2.75, 3.05) is 0 Å². The molecule has 0 bridgehead atoms. The molecule has 80 valence electrons. The van der Waals surface area contributed by atoms with Gasteiger partial charge in [0.25, 0.3) is 0 Å². The summed E-state index contributed by atoms with van der Waals surface area (Å²) in [6, 6.07) is 9.54. The first-order valence-corrected chi connectivity index (χ1v) is 4.90. The Hall–Kier alpha value is -2.23. The van der Waals surface area contributed by atoms with Crippen LogP contribution in [-0.4, -0.2) is 16.1 Å². The van der Waals surface area contributed by atoms with Gasteiger partial charge < -0.3 is 5.73 Å². The summed E-state index contributed by atoms with van der Waals surface area (Å²) in [4.78, 5) is 10.7. The van der Waals surface area contributed by atoms with Crippen LogP contribution in [-0.2, 0) is 11.2 Å². The minimum Gasteiger partial charge on any atom is -0.369 e. The van der Waals surface area contributed by atoms with Crippen LogP contribution < -0.4 is 5.73 Å². The molecule has 1 aromatic carbocycles. The first kappa shape index (κ1) is 10.3. The van der Waals surface area contributed by atoms with Crippen molar-refractivity contribution in [1.29, 1.82) is 0 Å². The van der Waals surface area contributed by atoms with Gasteiger partial charge in [0, 0.05) is 5.56 Å². The van der Waals surface area contributed by atoms with Crippen molar-refractivity contribution in [2.45, 2.75) is 6.42 Å². The summed E-state index contributed by atoms with van der Waals surface area (Å²) in [5, 5.41) is 7.52. The Kier molecular flexibility index (Phi) is 2.91. The Labute approximate surface area is 93.1 Å². The lowest BCUT2D eigenvalue weighted by atomic mass is 10.0. The minimum atomic E-state index is -0.321. The van der Waals surface area contributed by atoms with Crippen LogP contribution in [0.25, 0.3) is 11.1 Å². The number of rotatable bonds is 3. The Morgan fingerprint density at radius 1 is 1.06 bits per heavy atom. The fourth-order valence-electron chi connectivity index (χ4n) is 1.48. The number of aromatic nitrogens is 2. The van der Waals surface area contributed by atoms with E-state index in [0.29, 0.717) is 0 Å². The zero-order chi connectivity index (χ0) is 11.4. The van der Waals surface area contributed by atoms with E-state index in [1.54, 1.807) is 12.4 Å². The van der Waals surface area contributed by atoms with Crippen LogP contribution in [0, 0.1) is 0 Å². The van der Waals surface area contributed by atoms with Crippen LogP contribution in [0.4, 0.5) is 0 Å². The Morgan fingerprint density at radius 2 is 1.81 bits per heavy atom. The van der Waals surface area contributed by atoms with Crippen LogP contribution in [0.2, 0.25) is 0 Å². The third-order valence-electron chi connectivity index (χ3n) is 2.25. The van der Waals surface area contributed by atoms with Crippen molar-refractivity contribution in [3.63, 3.8) is 0 Å². The van der Waals surface area contributed by atoms with E-state index in [1.165, 1.54) is 0 Å². The normalized spacial score (nSPS) is 10.0. The molecule has 0 aliphatic carbocycles. The van der Waals surface area contributed by atoms with Gasteiger partial charge in [0.2, 0.25) is 5.91 Å². The van der Waals surface area contributed by atoms with Gasteiger partial charge in [-0.3, -0.25) is 4.79 Å². The van der Waals surface area contributed by atoms with E-state index in [0.717, 1.165) is 16.7 Å². The van der Waals surface area contributed by atoms with Gasteiger partial charge in [-0.15, -0.1) is 0 Å². The summed E-state index contributed by atoms with van der Waals surface area (Å²) in [7, 11) is 0. The number of hydrogen-bond donors (Lipinski definition) is 1. The molecule has 1 heterocycles. The molecule has 4 heteroatoms. The van der Waals surface area contributed by atoms with Crippen LogP contribution in [0.5, 0.6) is 0 Å². The summed E-state index contributed by atoms with van der Waals surface area (Å²) in [5.74, 6) is -0.321. The maximum Gasteiger partial charge on any atom is 0.221 e. The van der Waals surface area contributed by atoms with E-state index in [-0.39, 0.29) is 12.3 Å². The van der Waals surface area contributed by atoms with Gasteiger partial charge in [0.05, 0.1) is 18.8 Å². The highest BCUT2D eigenvalue weighted by Crippen LogP contribution is 2.17. The molecule has 0 saturated heterocycles. The maximum atomic E-state index is 10.7. The van der Waals surface area contributed by atoms with Crippen molar-refractivity contribution in [3.05, 3.63) is 48.3 Å². The molecule has 0 saturated carbocycles. The molecule has 4 nitrogen and oxygen atoms in total. The summed E-state index contributed by atoms with van der Waals surface area (Å²) in [5.41, 5.74) is 8.08. The van der Waals surface area contributed by atoms with Crippen molar-refractivity contribution < 1.29 is 4.79 Å². The second-order valence-electron chi connectivity index (χ2n) is 3.47. The van der Waals surface area contributed by atoms with Gasteiger partial charge in [-0.05, 0) is 17.2 Å². The predicted octanol–water partition coefficient (Wildman–Crippen LogP) is 1.17.